The first kappa shape index (κ1) is 25.3. The molecule has 1 N–H and O–H groups in total. The lowest BCUT2D eigenvalue weighted by molar-refractivity contribution is -0.127. The molecule has 2 aromatic rings. The highest BCUT2D eigenvalue weighted by molar-refractivity contribution is 8.18. The number of benzene rings is 2. The molecule has 2 aromatic carbocycles. The normalized spacial score (nSPS) is 20.4. The van der Waals surface area contributed by atoms with Crippen LogP contribution in [0.1, 0.15) is 55.4 Å². The van der Waals surface area contributed by atoms with E-state index in [-0.39, 0.29) is 17.0 Å². The largest absolute Gasteiger partial charge is 0.369 e. The minimum atomic E-state index is -0.490. The number of amides is 3. The summed E-state index contributed by atoms with van der Waals surface area (Å²) in [5, 5.41) is 2.83. The number of thioether (sulfide) groups is 1. The molecule has 3 amide bonds. The number of hydrogen-bond acceptors (Lipinski definition) is 5. The fourth-order valence-electron chi connectivity index (χ4n) is 4.78. The molecule has 1 saturated heterocycles. The minimum absolute atomic E-state index is 0.0115. The van der Waals surface area contributed by atoms with Crippen LogP contribution in [0.4, 0.5) is 16.2 Å². The second kappa shape index (κ2) is 9.36. The third-order valence-electron chi connectivity index (χ3n) is 6.87. The van der Waals surface area contributed by atoms with Crippen molar-refractivity contribution in [1.82, 2.24) is 4.90 Å². The van der Waals surface area contributed by atoms with E-state index in [1.165, 1.54) is 0 Å². The van der Waals surface area contributed by atoms with Crippen molar-refractivity contribution in [3.63, 3.8) is 0 Å². The molecule has 0 bridgehead atoms. The van der Waals surface area contributed by atoms with E-state index in [0.29, 0.717) is 22.2 Å². The number of anilines is 2. The maximum absolute atomic E-state index is 13.0. The first-order valence-electron chi connectivity index (χ1n) is 11.6. The number of carbonyl (C=O) groups excluding carboxylic acids is 3. The lowest BCUT2D eigenvalue weighted by Gasteiger charge is -2.45. The second-order valence-electron chi connectivity index (χ2n) is 10.0. The van der Waals surface area contributed by atoms with Crippen molar-refractivity contribution in [1.29, 1.82) is 0 Å². The summed E-state index contributed by atoms with van der Waals surface area (Å²) in [4.78, 5) is 41.6. The molecule has 0 radical (unpaired) electrons. The van der Waals surface area contributed by atoms with Crippen molar-refractivity contribution in [2.75, 3.05) is 23.8 Å². The van der Waals surface area contributed by atoms with E-state index in [1.54, 1.807) is 6.08 Å². The lowest BCUT2D eigenvalue weighted by atomic mass is 9.80. The van der Waals surface area contributed by atoms with Gasteiger partial charge in [0.25, 0.3) is 11.1 Å². The molecule has 184 valence electrons. The van der Waals surface area contributed by atoms with E-state index in [2.05, 4.69) is 38.0 Å². The van der Waals surface area contributed by atoms with Crippen LogP contribution in [0.3, 0.4) is 0 Å². The van der Waals surface area contributed by atoms with Gasteiger partial charge in [-0.2, -0.15) is 0 Å². The van der Waals surface area contributed by atoms with Crippen LogP contribution in [-0.2, 0) is 9.59 Å². The van der Waals surface area contributed by atoms with Crippen LogP contribution in [0.2, 0.25) is 5.02 Å². The molecule has 6 nitrogen and oxygen atoms in total. The summed E-state index contributed by atoms with van der Waals surface area (Å²) in [5.74, 6) is -0.590. The Morgan fingerprint density at radius 1 is 1.23 bits per heavy atom. The van der Waals surface area contributed by atoms with E-state index in [0.717, 1.165) is 45.5 Å². The topological polar surface area (TPSA) is 69.7 Å². The van der Waals surface area contributed by atoms with E-state index >= 15 is 0 Å². The maximum atomic E-state index is 13.0. The van der Waals surface area contributed by atoms with Gasteiger partial charge in [-0.25, -0.2) is 0 Å². The van der Waals surface area contributed by atoms with Crippen LogP contribution in [0.15, 0.2) is 35.2 Å². The number of imide groups is 1. The third kappa shape index (κ3) is 4.98. The molecule has 35 heavy (non-hydrogen) atoms. The van der Waals surface area contributed by atoms with E-state index in [4.69, 9.17) is 11.6 Å². The molecule has 1 atom stereocenters. The second-order valence-corrected chi connectivity index (χ2v) is 11.4. The molecule has 2 aliphatic heterocycles. The number of halogens is 1. The monoisotopic (exact) mass is 511 g/mol. The zero-order chi connectivity index (χ0) is 25.7. The van der Waals surface area contributed by atoms with Crippen LogP contribution in [0.5, 0.6) is 0 Å². The Hall–Kier alpha value is -2.77. The molecule has 0 saturated carbocycles. The molecule has 4 rings (SSSR count). The Balaban J connectivity index is 1.54. The summed E-state index contributed by atoms with van der Waals surface area (Å²) in [5.41, 5.74) is 5.60. The standard InChI is InChI=1S/C27H30ClN3O3S/c1-15-7-8-21(16(2)9-15)29-24(32)14-31-25(33)23(35-26(31)34)11-18-10-19-17(3)13-27(4,5)30(6)22(19)12-20(18)28/h7-12,17H,13-14H2,1-6H3,(H,29,32)/b23-11-/t17-/m0/s1. The Morgan fingerprint density at radius 3 is 2.63 bits per heavy atom. The van der Waals surface area contributed by atoms with Gasteiger partial charge in [-0.05, 0) is 92.8 Å². The van der Waals surface area contributed by atoms with Crippen LogP contribution in [0.25, 0.3) is 6.08 Å². The molecule has 1 fully saturated rings. The van der Waals surface area contributed by atoms with Crippen LogP contribution < -0.4 is 10.2 Å². The average molecular weight is 512 g/mol. The van der Waals surface area contributed by atoms with Crippen LogP contribution in [0, 0.1) is 13.8 Å². The van der Waals surface area contributed by atoms with Crippen molar-refractivity contribution in [2.24, 2.45) is 0 Å². The van der Waals surface area contributed by atoms with E-state index in [1.807, 2.05) is 44.2 Å². The van der Waals surface area contributed by atoms with Gasteiger partial charge in [0.05, 0.1) is 4.91 Å². The number of fused-ring (bicyclic) bond motifs is 1. The third-order valence-corrected chi connectivity index (χ3v) is 8.10. The Kier molecular flexibility index (Phi) is 6.77. The number of carbonyl (C=O) groups is 3. The summed E-state index contributed by atoms with van der Waals surface area (Å²) in [6.45, 7) is 10.1. The van der Waals surface area contributed by atoms with Gasteiger partial charge in [0.15, 0.2) is 0 Å². The fourth-order valence-corrected chi connectivity index (χ4v) is 5.82. The number of nitrogens with one attached hydrogen (secondary N) is 1. The summed E-state index contributed by atoms with van der Waals surface area (Å²) < 4.78 is 0. The summed E-state index contributed by atoms with van der Waals surface area (Å²) >= 11 is 7.44. The van der Waals surface area contributed by atoms with Crippen molar-refractivity contribution in [3.8, 4) is 0 Å². The van der Waals surface area contributed by atoms with Crippen LogP contribution >= 0.6 is 23.4 Å². The first-order chi connectivity index (χ1) is 16.4. The molecule has 0 unspecified atom stereocenters. The predicted octanol–water partition coefficient (Wildman–Crippen LogP) is 6.35. The van der Waals surface area contributed by atoms with Gasteiger partial charge in [-0.1, -0.05) is 36.2 Å². The smallest absolute Gasteiger partial charge is 0.294 e. The zero-order valence-electron chi connectivity index (χ0n) is 20.9. The van der Waals surface area contributed by atoms with Gasteiger partial charge in [0.2, 0.25) is 5.91 Å². The Morgan fingerprint density at radius 2 is 1.94 bits per heavy atom. The fraction of sp³-hybridized carbons (Fsp3) is 0.370. The van der Waals surface area contributed by atoms with Gasteiger partial charge in [0.1, 0.15) is 6.54 Å². The molecule has 8 heteroatoms. The summed E-state index contributed by atoms with van der Waals surface area (Å²) in [7, 11) is 2.06. The van der Waals surface area contributed by atoms with Crippen LogP contribution in [-0.4, -0.2) is 41.1 Å². The highest BCUT2D eigenvalue weighted by Gasteiger charge is 2.37. The maximum Gasteiger partial charge on any atom is 0.294 e. The number of rotatable bonds is 4. The number of nitrogens with zero attached hydrogens (tertiary/aromatic N) is 2. The van der Waals surface area contributed by atoms with Gasteiger partial charge in [0, 0.05) is 29.0 Å². The quantitative estimate of drug-likeness (QED) is 0.484. The molecule has 2 heterocycles. The SMILES string of the molecule is Cc1ccc(NC(=O)CN2C(=O)S/C(=C\c3cc4c(cc3Cl)N(C)C(C)(C)C[C@@H]4C)C2=O)c(C)c1. The Bertz CT molecular complexity index is 1270. The summed E-state index contributed by atoms with van der Waals surface area (Å²) in [6.07, 6.45) is 2.64. The minimum Gasteiger partial charge on any atom is -0.369 e. The van der Waals surface area contributed by atoms with Gasteiger partial charge in [-0.3, -0.25) is 19.3 Å². The molecule has 0 spiro atoms. The summed E-state index contributed by atoms with van der Waals surface area (Å²) in [6, 6.07) is 9.61. The van der Waals surface area contributed by atoms with Gasteiger partial charge < -0.3 is 10.2 Å². The molecular formula is C27H30ClN3O3S. The molecule has 0 aromatic heterocycles. The zero-order valence-corrected chi connectivity index (χ0v) is 22.4. The average Bonchev–Trinajstić information content (AvgIpc) is 3.02. The first-order valence-corrected chi connectivity index (χ1v) is 12.8. The Labute approximate surface area is 215 Å². The molecular weight excluding hydrogens is 482 g/mol. The van der Waals surface area contributed by atoms with Gasteiger partial charge >= 0.3 is 0 Å². The van der Waals surface area contributed by atoms with Crippen molar-refractivity contribution in [3.05, 3.63) is 62.5 Å². The lowest BCUT2D eigenvalue weighted by Crippen LogP contribution is -2.45. The number of aryl methyl sites for hydroxylation is 2. The van der Waals surface area contributed by atoms with Crippen molar-refractivity contribution < 1.29 is 14.4 Å². The van der Waals surface area contributed by atoms with Crippen molar-refractivity contribution in [2.45, 2.75) is 52.5 Å². The predicted molar refractivity (Wildman–Crippen MR) is 144 cm³/mol. The van der Waals surface area contributed by atoms with Crippen molar-refractivity contribution >= 4 is 57.9 Å². The number of hydrogen-bond donors (Lipinski definition) is 1. The highest BCUT2D eigenvalue weighted by Crippen LogP contribution is 2.45. The highest BCUT2D eigenvalue weighted by atomic mass is 35.5. The molecule has 0 aliphatic carbocycles. The molecule has 2 aliphatic rings. The van der Waals surface area contributed by atoms with E-state index < -0.39 is 17.1 Å². The van der Waals surface area contributed by atoms with Gasteiger partial charge in [-0.15, -0.1) is 0 Å². The van der Waals surface area contributed by atoms with E-state index in [9.17, 15) is 14.4 Å².